The van der Waals surface area contributed by atoms with E-state index in [1.807, 2.05) is 36.4 Å². The molecule has 20 heavy (non-hydrogen) atoms. The summed E-state index contributed by atoms with van der Waals surface area (Å²) in [6, 6.07) is 14.9. The van der Waals surface area contributed by atoms with Gasteiger partial charge in [0.2, 0.25) is 5.13 Å². The van der Waals surface area contributed by atoms with Crippen molar-refractivity contribution in [1.82, 2.24) is 10.2 Å². The molecule has 1 aromatic heterocycles. The second-order valence-electron chi connectivity index (χ2n) is 4.06. The zero-order valence-corrected chi connectivity index (χ0v) is 12.6. The Morgan fingerprint density at radius 3 is 2.50 bits per heavy atom. The van der Waals surface area contributed by atoms with E-state index in [9.17, 15) is 5.11 Å². The molecule has 0 saturated heterocycles. The molecule has 0 saturated carbocycles. The van der Waals surface area contributed by atoms with Gasteiger partial charge in [-0.25, -0.2) is 0 Å². The fourth-order valence-electron chi connectivity index (χ4n) is 1.69. The summed E-state index contributed by atoms with van der Waals surface area (Å²) < 4.78 is 1.02. The highest BCUT2D eigenvalue weighted by Crippen LogP contribution is 2.33. The summed E-state index contributed by atoms with van der Waals surface area (Å²) in [6.45, 7) is 0. The lowest BCUT2D eigenvalue weighted by atomic mass is 10.2. The van der Waals surface area contributed by atoms with E-state index in [2.05, 4.69) is 31.4 Å². The highest BCUT2D eigenvalue weighted by molar-refractivity contribution is 9.10. The average Bonchev–Trinajstić information content (AvgIpc) is 2.90. The van der Waals surface area contributed by atoms with Gasteiger partial charge < -0.3 is 10.4 Å². The predicted octanol–water partition coefficient (Wildman–Crippen LogP) is 4.42. The summed E-state index contributed by atoms with van der Waals surface area (Å²) >= 11 is 4.79. The van der Waals surface area contributed by atoms with Crippen LogP contribution in [0.4, 0.5) is 10.8 Å². The van der Waals surface area contributed by atoms with Crippen LogP contribution in [0, 0.1) is 0 Å². The number of para-hydroxylation sites is 1. The quantitative estimate of drug-likeness (QED) is 0.736. The molecule has 0 bridgehead atoms. The minimum absolute atomic E-state index is 0.207. The molecule has 0 radical (unpaired) electrons. The van der Waals surface area contributed by atoms with Crippen molar-refractivity contribution in [3.63, 3.8) is 0 Å². The molecule has 2 aromatic carbocycles. The van der Waals surface area contributed by atoms with Crippen LogP contribution in [-0.2, 0) is 0 Å². The molecule has 3 aromatic rings. The first-order valence-electron chi connectivity index (χ1n) is 5.87. The first-order valence-corrected chi connectivity index (χ1v) is 7.48. The number of benzene rings is 2. The maximum absolute atomic E-state index is 9.81. The van der Waals surface area contributed by atoms with Gasteiger partial charge in [0.25, 0.3) is 0 Å². The lowest BCUT2D eigenvalue weighted by molar-refractivity contribution is 0.477. The number of hydrogen-bond acceptors (Lipinski definition) is 5. The van der Waals surface area contributed by atoms with E-state index in [0.717, 1.165) is 10.2 Å². The van der Waals surface area contributed by atoms with E-state index < -0.39 is 0 Å². The van der Waals surface area contributed by atoms with Crippen molar-refractivity contribution in [3.8, 4) is 16.3 Å². The molecule has 2 N–H and O–H groups in total. The first-order chi connectivity index (χ1) is 9.72. The molecule has 100 valence electrons. The Hall–Kier alpha value is -1.92. The van der Waals surface area contributed by atoms with E-state index >= 15 is 0 Å². The zero-order valence-electron chi connectivity index (χ0n) is 10.2. The van der Waals surface area contributed by atoms with E-state index in [-0.39, 0.29) is 5.75 Å². The molecular formula is C14H10BrN3OS. The number of halogens is 1. The smallest absolute Gasteiger partial charge is 0.210 e. The van der Waals surface area contributed by atoms with Crippen LogP contribution in [0.3, 0.4) is 0 Å². The number of nitrogens with one attached hydrogen (secondary N) is 1. The molecular weight excluding hydrogens is 338 g/mol. The number of phenols is 1. The molecule has 4 nitrogen and oxygen atoms in total. The number of nitrogens with zero attached hydrogens (tertiary/aromatic N) is 2. The van der Waals surface area contributed by atoms with Crippen molar-refractivity contribution in [2.75, 3.05) is 5.32 Å². The predicted molar refractivity (Wildman–Crippen MR) is 84.4 cm³/mol. The third kappa shape index (κ3) is 2.81. The Morgan fingerprint density at radius 2 is 1.75 bits per heavy atom. The van der Waals surface area contributed by atoms with Gasteiger partial charge in [0.05, 0.1) is 5.56 Å². The van der Waals surface area contributed by atoms with Crippen LogP contribution < -0.4 is 5.32 Å². The SMILES string of the molecule is Oc1ccccc1-c1nnc(Nc2ccc(Br)cc2)s1. The number of aromatic nitrogens is 2. The van der Waals surface area contributed by atoms with Gasteiger partial charge in [-0.15, -0.1) is 10.2 Å². The van der Waals surface area contributed by atoms with Crippen LogP contribution in [-0.4, -0.2) is 15.3 Å². The third-order valence-corrected chi connectivity index (χ3v) is 4.06. The summed E-state index contributed by atoms with van der Waals surface area (Å²) in [5.41, 5.74) is 1.63. The number of phenolic OH excluding ortho intramolecular Hbond substituents is 1. The standard InChI is InChI=1S/C14H10BrN3OS/c15-9-5-7-10(8-6-9)16-14-18-17-13(20-14)11-3-1-2-4-12(11)19/h1-8,19H,(H,16,18). The number of aromatic hydroxyl groups is 1. The van der Waals surface area contributed by atoms with E-state index in [0.29, 0.717) is 15.7 Å². The van der Waals surface area contributed by atoms with E-state index in [4.69, 9.17) is 0 Å². The van der Waals surface area contributed by atoms with Gasteiger partial charge in [-0.3, -0.25) is 0 Å². The van der Waals surface area contributed by atoms with Crippen molar-refractivity contribution >= 4 is 38.1 Å². The van der Waals surface area contributed by atoms with Gasteiger partial charge in [0.1, 0.15) is 5.75 Å². The molecule has 0 aliphatic rings. The van der Waals surface area contributed by atoms with Crippen LogP contribution in [0.1, 0.15) is 0 Å². The van der Waals surface area contributed by atoms with Gasteiger partial charge >= 0.3 is 0 Å². The molecule has 1 heterocycles. The van der Waals surface area contributed by atoms with Crippen molar-refractivity contribution in [2.45, 2.75) is 0 Å². The molecule has 0 atom stereocenters. The molecule has 0 unspecified atom stereocenters. The summed E-state index contributed by atoms with van der Waals surface area (Å²) in [4.78, 5) is 0. The number of rotatable bonds is 3. The van der Waals surface area contributed by atoms with Crippen LogP contribution in [0.5, 0.6) is 5.75 Å². The minimum atomic E-state index is 0.207. The second-order valence-corrected chi connectivity index (χ2v) is 5.95. The molecule has 0 spiro atoms. The Labute approximate surface area is 128 Å². The maximum atomic E-state index is 9.81. The van der Waals surface area contributed by atoms with Crippen LogP contribution in [0.15, 0.2) is 53.0 Å². The third-order valence-electron chi connectivity index (χ3n) is 2.65. The van der Waals surface area contributed by atoms with Crippen molar-refractivity contribution in [1.29, 1.82) is 0 Å². The average molecular weight is 348 g/mol. The molecule has 0 aliphatic heterocycles. The Kier molecular flexibility index (Phi) is 3.66. The molecule has 0 fully saturated rings. The lowest BCUT2D eigenvalue weighted by Gasteiger charge is -2.01. The summed E-state index contributed by atoms with van der Waals surface area (Å²) in [6.07, 6.45) is 0. The summed E-state index contributed by atoms with van der Waals surface area (Å²) in [5.74, 6) is 0.207. The second kappa shape index (κ2) is 5.60. The summed E-state index contributed by atoms with van der Waals surface area (Å²) in [5, 5.41) is 22.5. The first kappa shape index (κ1) is 13.1. The molecule has 6 heteroatoms. The maximum Gasteiger partial charge on any atom is 0.210 e. The number of anilines is 2. The zero-order chi connectivity index (χ0) is 13.9. The van der Waals surface area contributed by atoms with Crippen molar-refractivity contribution in [3.05, 3.63) is 53.0 Å². The Balaban J connectivity index is 1.84. The van der Waals surface area contributed by atoms with Gasteiger partial charge in [0, 0.05) is 10.2 Å². The normalized spacial score (nSPS) is 10.4. The highest BCUT2D eigenvalue weighted by atomic mass is 79.9. The van der Waals surface area contributed by atoms with E-state index in [1.54, 1.807) is 12.1 Å². The minimum Gasteiger partial charge on any atom is -0.507 e. The topological polar surface area (TPSA) is 58.0 Å². The van der Waals surface area contributed by atoms with Crippen LogP contribution in [0.25, 0.3) is 10.6 Å². The van der Waals surface area contributed by atoms with Gasteiger partial charge in [-0.05, 0) is 36.4 Å². The lowest BCUT2D eigenvalue weighted by Crippen LogP contribution is -1.88. The fourth-order valence-corrected chi connectivity index (χ4v) is 2.76. The highest BCUT2D eigenvalue weighted by Gasteiger charge is 2.10. The molecule has 0 aliphatic carbocycles. The van der Waals surface area contributed by atoms with Crippen molar-refractivity contribution in [2.24, 2.45) is 0 Å². The monoisotopic (exact) mass is 347 g/mol. The molecule has 0 amide bonds. The van der Waals surface area contributed by atoms with Crippen LogP contribution in [0.2, 0.25) is 0 Å². The van der Waals surface area contributed by atoms with Crippen molar-refractivity contribution < 1.29 is 5.11 Å². The molecule has 3 rings (SSSR count). The van der Waals surface area contributed by atoms with Crippen LogP contribution >= 0.6 is 27.3 Å². The van der Waals surface area contributed by atoms with Gasteiger partial charge in [0.15, 0.2) is 5.01 Å². The fraction of sp³-hybridized carbons (Fsp3) is 0. The number of hydrogen-bond donors (Lipinski definition) is 2. The van der Waals surface area contributed by atoms with E-state index in [1.165, 1.54) is 11.3 Å². The Bertz CT molecular complexity index is 727. The summed E-state index contributed by atoms with van der Waals surface area (Å²) in [7, 11) is 0. The Morgan fingerprint density at radius 1 is 1.00 bits per heavy atom. The van der Waals surface area contributed by atoms with Gasteiger partial charge in [-0.2, -0.15) is 0 Å². The largest absolute Gasteiger partial charge is 0.507 e. The van der Waals surface area contributed by atoms with Gasteiger partial charge in [-0.1, -0.05) is 39.4 Å².